The summed E-state index contributed by atoms with van der Waals surface area (Å²) < 4.78 is 1.01. The van der Waals surface area contributed by atoms with Crippen LogP contribution in [0.1, 0.15) is 11.1 Å². The van der Waals surface area contributed by atoms with Crippen LogP contribution in [0.3, 0.4) is 0 Å². The van der Waals surface area contributed by atoms with Crippen LogP contribution in [0.15, 0.2) is 40.9 Å². The van der Waals surface area contributed by atoms with Gasteiger partial charge in [-0.1, -0.05) is 35.3 Å². The third kappa shape index (κ3) is 3.41. The molecule has 2 rings (SSSR count). The summed E-state index contributed by atoms with van der Waals surface area (Å²) in [6.07, 6.45) is 0. The van der Waals surface area contributed by atoms with Gasteiger partial charge in [0.1, 0.15) is 0 Å². The first-order chi connectivity index (χ1) is 8.56. The minimum Gasteiger partial charge on any atom is -0.380 e. The van der Waals surface area contributed by atoms with Gasteiger partial charge < -0.3 is 5.32 Å². The van der Waals surface area contributed by atoms with E-state index in [9.17, 15) is 0 Å². The van der Waals surface area contributed by atoms with E-state index in [1.165, 1.54) is 0 Å². The number of benzene rings is 2. The molecule has 2 aromatic carbocycles. The Kier molecular flexibility index (Phi) is 4.55. The van der Waals surface area contributed by atoms with Gasteiger partial charge in [0.05, 0.1) is 5.69 Å². The molecule has 0 aliphatic rings. The monoisotopic (exact) mass is 343 g/mol. The van der Waals surface area contributed by atoms with E-state index in [2.05, 4.69) is 21.2 Å². The maximum atomic E-state index is 6.11. The molecule has 4 heteroatoms. The second-order valence-electron chi connectivity index (χ2n) is 4.06. The normalized spacial score (nSPS) is 10.4. The van der Waals surface area contributed by atoms with Crippen molar-refractivity contribution in [1.82, 2.24) is 0 Å². The average Bonchev–Trinajstić information content (AvgIpc) is 2.32. The van der Waals surface area contributed by atoms with Crippen LogP contribution in [-0.4, -0.2) is 0 Å². The molecule has 0 bridgehead atoms. The summed E-state index contributed by atoms with van der Waals surface area (Å²) in [6.45, 7) is 2.69. The van der Waals surface area contributed by atoms with Crippen molar-refractivity contribution in [1.29, 1.82) is 0 Å². The molecule has 0 amide bonds. The highest BCUT2D eigenvalue weighted by Crippen LogP contribution is 2.29. The van der Waals surface area contributed by atoms with Gasteiger partial charge in [0.15, 0.2) is 0 Å². The lowest BCUT2D eigenvalue weighted by atomic mass is 10.2. The minimum atomic E-state index is 0.707. The SMILES string of the molecule is Cc1cc(Br)c(NCc2cccc(Cl)c2)cc1Cl. The first kappa shape index (κ1) is 13.7. The molecule has 2 aromatic rings. The minimum absolute atomic E-state index is 0.707. The molecule has 0 aromatic heterocycles. The number of hydrogen-bond donors (Lipinski definition) is 1. The summed E-state index contributed by atoms with van der Waals surface area (Å²) in [6, 6.07) is 11.7. The van der Waals surface area contributed by atoms with Crippen molar-refractivity contribution in [3.05, 3.63) is 62.0 Å². The molecule has 18 heavy (non-hydrogen) atoms. The molecule has 0 radical (unpaired) electrons. The van der Waals surface area contributed by atoms with Gasteiger partial charge in [-0.2, -0.15) is 0 Å². The zero-order valence-corrected chi connectivity index (χ0v) is 12.9. The molecule has 0 aliphatic heterocycles. The largest absolute Gasteiger partial charge is 0.380 e. The van der Waals surface area contributed by atoms with Crippen molar-refractivity contribution in [3.63, 3.8) is 0 Å². The lowest BCUT2D eigenvalue weighted by molar-refractivity contribution is 1.14. The lowest BCUT2D eigenvalue weighted by Crippen LogP contribution is -2.00. The predicted molar refractivity (Wildman–Crippen MR) is 82.7 cm³/mol. The fraction of sp³-hybridized carbons (Fsp3) is 0.143. The molecule has 0 spiro atoms. The summed E-state index contributed by atoms with van der Waals surface area (Å²) in [7, 11) is 0. The van der Waals surface area contributed by atoms with E-state index in [0.29, 0.717) is 6.54 Å². The number of nitrogens with one attached hydrogen (secondary N) is 1. The van der Waals surface area contributed by atoms with E-state index in [0.717, 1.165) is 31.3 Å². The Balaban J connectivity index is 2.13. The van der Waals surface area contributed by atoms with Gasteiger partial charge >= 0.3 is 0 Å². The highest BCUT2D eigenvalue weighted by molar-refractivity contribution is 9.10. The third-order valence-electron chi connectivity index (χ3n) is 2.62. The molecule has 0 unspecified atom stereocenters. The molecule has 0 fully saturated rings. The zero-order valence-electron chi connectivity index (χ0n) is 9.81. The zero-order chi connectivity index (χ0) is 13.1. The van der Waals surface area contributed by atoms with Crippen LogP contribution >= 0.6 is 39.1 Å². The Labute approximate surface area is 125 Å². The van der Waals surface area contributed by atoms with Gasteiger partial charge in [-0.15, -0.1) is 0 Å². The average molecular weight is 345 g/mol. The Morgan fingerprint density at radius 1 is 1.17 bits per heavy atom. The predicted octanol–water partition coefficient (Wildman–Crippen LogP) is 5.68. The highest BCUT2D eigenvalue weighted by atomic mass is 79.9. The number of halogens is 3. The summed E-state index contributed by atoms with van der Waals surface area (Å²) in [5.74, 6) is 0. The molecule has 94 valence electrons. The van der Waals surface area contributed by atoms with Crippen molar-refractivity contribution in [2.24, 2.45) is 0 Å². The molecule has 0 saturated carbocycles. The summed E-state index contributed by atoms with van der Waals surface area (Å²) >= 11 is 15.6. The Morgan fingerprint density at radius 2 is 1.94 bits per heavy atom. The number of rotatable bonds is 3. The van der Waals surface area contributed by atoms with Crippen LogP contribution in [0.5, 0.6) is 0 Å². The van der Waals surface area contributed by atoms with Crippen molar-refractivity contribution in [2.75, 3.05) is 5.32 Å². The summed E-state index contributed by atoms with van der Waals surface area (Å²) in [5, 5.41) is 4.84. The van der Waals surface area contributed by atoms with Crippen LogP contribution in [0.2, 0.25) is 10.0 Å². The van der Waals surface area contributed by atoms with Crippen LogP contribution in [0.25, 0.3) is 0 Å². The first-order valence-corrected chi connectivity index (χ1v) is 7.05. The van der Waals surface area contributed by atoms with Gasteiger partial charge in [0.2, 0.25) is 0 Å². The molecular weight excluding hydrogens is 333 g/mol. The van der Waals surface area contributed by atoms with E-state index in [4.69, 9.17) is 23.2 Å². The topological polar surface area (TPSA) is 12.0 Å². The molecule has 0 saturated heterocycles. The van der Waals surface area contributed by atoms with E-state index >= 15 is 0 Å². The molecule has 0 heterocycles. The van der Waals surface area contributed by atoms with Gasteiger partial charge in [-0.3, -0.25) is 0 Å². The van der Waals surface area contributed by atoms with E-state index < -0.39 is 0 Å². The van der Waals surface area contributed by atoms with E-state index in [1.807, 2.05) is 43.3 Å². The first-order valence-electron chi connectivity index (χ1n) is 5.50. The van der Waals surface area contributed by atoms with Crippen molar-refractivity contribution < 1.29 is 0 Å². The molecule has 1 N–H and O–H groups in total. The van der Waals surface area contributed by atoms with Gasteiger partial charge in [0, 0.05) is 21.1 Å². The Bertz CT molecular complexity index is 570. The van der Waals surface area contributed by atoms with Crippen molar-refractivity contribution >= 4 is 44.8 Å². The van der Waals surface area contributed by atoms with Crippen LogP contribution in [0, 0.1) is 6.92 Å². The maximum absolute atomic E-state index is 6.11. The fourth-order valence-corrected chi connectivity index (χ4v) is 2.60. The van der Waals surface area contributed by atoms with Crippen molar-refractivity contribution in [2.45, 2.75) is 13.5 Å². The van der Waals surface area contributed by atoms with E-state index in [-0.39, 0.29) is 0 Å². The second-order valence-corrected chi connectivity index (χ2v) is 5.76. The molecule has 0 aliphatic carbocycles. The number of hydrogen-bond acceptors (Lipinski definition) is 1. The van der Waals surface area contributed by atoms with Crippen LogP contribution < -0.4 is 5.32 Å². The standard InChI is InChI=1S/C14H12BrCl2N/c1-9-5-12(15)14(7-13(9)17)18-8-10-3-2-4-11(16)6-10/h2-7,18H,8H2,1H3. The van der Waals surface area contributed by atoms with Gasteiger partial charge in [-0.05, 0) is 58.2 Å². The maximum Gasteiger partial charge on any atom is 0.0502 e. The van der Waals surface area contributed by atoms with Crippen LogP contribution in [0.4, 0.5) is 5.69 Å². The quantitative estimate of drug-likeness (QED) is 0.755. The number of anilines is 1. The smallest absolute Gasteiger partial charge is 0.0502 e. The Hall–Kier alpha value is -0.700. The second kappa shape index (κ2) is 5.96. The number of aryl methyl sites for hydroxylation is 1. The lowest BCUT2D eigenvalue weighted by Gasteiger charge is -2.11. The van der Waals surface area contributed by atoms with Gasteiger partial charge in [0.25, 0.3) is 0 Å². The third-order valence-corrected chi connectivity index (χ3v) is 3.92. The molecule has 1 nitrogen and oxygen atoms in total. The van der Waals surface area contributed by atoms with Crippen LogP contribution in [-0.2, 0) is 6.54 Å². The summed E-state index contributed by atoms with van der Waals surface area (Å²) in [5.41, 5.74) is 3.16. The Morgan fingerprint density at radius 3 is 2.67 bits per heavy atom. The molecule has 0 atom stereocenters. The highest BCUT2D eigenvalue weighted by Gasteiger charge is 2.04. The fourth-order valence-electron chi connectivity index (χ4n) is 1.63. The molecular formula is C14H12BrCl2N. The van der Waals surface area contributed by atoms with E-state index in [1.54, 1.807) is 0 Å². The van der Waals surface area contributed by atoms with Crippen molar-refractivity contribution in [3.8, 4) is 0 Å². The summed E-state index contributed by atoms with van der Waals surface area (Å²) in [4.78, 5) is 0. The van der Waals surface area contributed by atoms with Gasteiger partial charge in [-0.25, -0.2) is 0 Å².